The molecule has 0 radical (unpaired) electrons. The first-order valence-electron chi connectivity index (χ1n) is 14.0. The number of hydrogen-bond acceptors (Lipinski definition) is 4. The summed E-state index contributed by atoms with van der Waals surface area (Å²) in [5.41, 5.74) is 4.17. The molecule has 1 unspecified atom stereocenters. The van der Waals surface area contributed by atoms with Gasteiger partial charge in [-0.05, 0) is 0 Å². The van der Waals surface area contributed by atoms with Crippen molar-refractivity contribution in [2.45, 2.75) is 89.2 Å². The van der Waals surface area contributed by atoms with Crippen LogP contribution in [0, 0.1) is 23.7 Å². The number of ether oxygens (including phenoxy) is 2. The van der Waals surface area contributed by atoms with E-state index in [9.17, 15) is 0 Å². The SMILES string of the molecule is C=C(C)[C@@H]1[C@H]2C[C@@H](C)C([Se]c3ccccc3)(O[C@H]2OC)[C@H]1/C=C(\CS)CO[Si](C(C)C)(C(C)C)C(C)C. The standard InChI is InChI=1S/C31H50O3SSeSi/c1-20(2)29-27-16-24(9)31(34-30(27)32-10,36-26-14-12-11-13-15-26)28(29)17-25(19-35)18-33-37(21(3)4,22(5)6)23(7)8/h11-15,17,21-24,27-30,35H,1,16,18-19H2,2-10H3/b25-17-/t24-,27-,28+,29-,30-,31?/m1/s1. The minimum atomic E-state index is -1.98. The van der Waals surface area contributed by atoms with Crippen LogP contribution < -0.4 is 4.46 Å². The number of thiol groups is 1. The van der Waals surface area contributed by atoms with Gasteiger partial charge in [-0.15, -0.1) is 0 Å². The van der Waals surface area contributed by atoms with Crippen LogP contribution in [0.15, 0.2) is 54.1 Å². The number of methoxy groups -OCH3 is 1. The Labute approximate surface area is 239 Å². The van der Waals surface area contributed by atoms with Gasteiger partial charge in [-0.25, -0.2) is 0 Å². The molecule has 3 nitrogen and oxygen atoms in total. The van der Waals surface area contributed by atoms with E-state index in [4.69, 9.17) is 26.5 Å². The zero-order valence-electron chi connectivity index (χ0n) is 24.5. The molecule has 6 atom stereocenters. The Bertz CT molecular complexity index is 912. The summed E-state index contributed by atoms with van der Waals surface area (Å²) in [6.45, 7) is 23.8. The van der Waals surface area contributed by atoms with E-state index >= 15 is 0 Å². The van der Waals surface area contributed by atoms with Crippen molar-refractivity contribution < 1.29 is 13.9 Å². The van der Waals surface area contributed by atoms with Crippen molar-refractivity contribution in [1.29, 1.82) is 0 Å². The number of allylic oxidation sites excluding steroid dienone is 1. The summed E-state index contributed by atoms with van der Waals surface area (Å²) in [6, 6.07) is 10.9. The van der Waals surface area contributed by atoms with E-state index in [2.05, 4.69) is 98.4 Å². The fourth-order valence-corrected chi connectivity index (χ4v) is 16.1. The van der Waals surface area contributed by atoms with E-state index in [1.54, 1.807) is 7.11 Å². The van der Waals surface area contributed by atoms with E-state index in [0.29, 0.717) is 46.7 Å². The molecule has 2 heterocycles. The Morgan fingerprint density at radius 1 is 1.16 bits per heavy atom. The van der Waals surface area contributed by atoms with Crippen LogP contribution in [-0.4, -0.2) is 53.5 Å². The molecule has 1 aromatic carbocycles. The predicted octanol–water partition coefficient (Wildman–Crippen LogP) is 7.23. The average molecular weight is 610 g/mol. The van der Waals surface area contributed by atoms with Crippen LogP contribution in [0.25, 0.3) is 0 Å². The second-order valence-corrected chi connectivity index (χ2v) is 20.7. The van der Waals surface area contributed by atoms with Crippen molar-refractivity contribution in [2.75, 3.05) is 19.5 Å². The van der Waals surface area contributed by atoms with Gasteiger partial charge in [-0.1, -0.05) is 0 Å². The van der Waals surface area contributed by atoms with E-state index in [1.165, 1.54) is 15.6 Å². The fourth-order valence-electron chi connectivity index (χ4n) is 7.41. The molecule has 1 saturated carbocycles. The monoisotopic (exact) mass is 610 g/mol. The van der Waals surface area contributed by atoms with Crippen LogP contribution in [0.2, 0.25) is 16.6 Å². The van der Waals surface area contributed by atoms with Gasteiger partial charge >= 0.3 is 241 Å². The van der Waals surface area contributed by atoms with Gasteiger partial charge in [0.1, 0.15) is 0 Å². The zero-order chi connectivity index (χ0) is 27.5. The summed E-state index contributed by atoms with van der Waals surface area (Å²) in [5, 5.41) is 0. The summed E-state index contributed by atoms with van der Waals surface area (Å²) in [4.78, 5) is 0. The van der Waals surface area contributed by atoms with Gasteiger partial charge in [0.25, 0.3) is 0 Å². The zero-order valence-corrected chi connectivity index (χ0v) is 28.1. The Morgan fingerprint density at radius 2 is 1.76 bits per heavy atom. The molecule has 6 heteroatoms. The second-order valence-electron chi connectivity index (χ2n) is 12.1. The summed E-state index contributed by atoms with van der Waals surface area (Å²) >= 11 is 4.93. The van der Waals surface area contributed by atoms with Gasteiger partial charge in [0.15, 0.2) is 0 Å². The van der Waals surface area contributed by atoms with Crippen molar-refractivity contribution in [2.24, 2.45) is 23.7 Å². The first-order chi connectivity index (χ1) is 17.4. The molecule has 0 aromatic heterocycles. The van der Waals surface area contributed by atoms with Crippen molar-refractivity contribution in [3.63, 3.8) is 0 Å². The molecule has 37 heavy (non-hydrogen) atoms. The van der Waals surface area contributed by atoms with E-state index in [1.807, 2.05) is 0 Å². The van der Waals surface area contributed by atoms with Gasteiger partial charge in [-0.2, -0.15) is 0 Å². The van der Waals surface area contributed by atoms with Gasteiger partial charge in [0.05, 0.1) is 0 Å². The Kier molecular flexibility index (Phi) is 10.9. The molecular formula is C31H50O3SSeSi. The van der Waals surface area contributed by atoms with Crippen LogP contribution in [0.5, 0.6) is 0 Å². The third-order valence-corrected chi connectivity index (χ3v) is 18.7. The van der Waals surface area contributed by atoms with Gasteiger partial charge in [0, 0.05) is 0 Å². The van der Waals surface area contributed by atoms with E-state index < -0.39 is 8.32 Å². The van der Waals surface area contributed by atoms with Crippen LogP contribution in [0.3, 0.4) is 0 Å². The van der Waals surface area contributed by atoms with Crippen molar-refractivity contribution in [3.8, 4) is 0 Å². The second kappa shape index (κ2) is 12.9. The minimum absolute atomic E-state index is 0.111. The number of rotatable bonds is 12. The molecule has 1 aliphatic carbocycles. The van der Waals surface area contributed by atoms with E-state index in [0.717, 1.165) is 6.42 Å². The molecule has 2 saturated heterocycles. The maximum absolute atomic E-state index is 7.04. The van der Waals surface area contributed by atoms with Crippen LogP contribution >= 0.6 is 12.6 Å². The maximum atomic E-state index is 7.04. The number of hydrogen-bond donors (Lipinski definition) is 1. The number of fused-ring (bicyclic) bond motifs is 3. The molecule has 0 amide bonds. The van der Waals surface area contributed by atoms with Crippen LogP contribution in [0.1, 0.15) is 61.8 Å². The first kappa shape index (κ1) is 31.2. The van der Waals surface area contributed by atoms with E-state index in [-0.39, 0.29) is 31.7 Å². The Hall–Kier alpha value is -0.334. The summed E-state index contributed by atoms with van der Waals surface area (Å²) in [6.07, 6.45) is 3.41. The predicted molar refractivity (Wildman–Crippen MR) is 164 cm³/mol. The van der Waals surface area contributed by atoms with Gasteiger partial charge in [0.2, 0.25) is 0 Å². The van der Waals surface area contributed by atoms with Crippen molar-refractivity contribution in [3.05, 3.63) is 54.1 Å². The van der Waals surface area contributed by atoms with Gasteiger partial charge < -0.3 is 0 Å². The average Bonchev–Trinajstić information content (AvgIpc) is 2.84. The van der Waals surface area contributed by atoms with Crippen LogP contribution in [-0.2, 0) is 13.9 Å². The molecule has 2 aliphatic heterocycles. The molecule has 1 aromatic rings. The third kappa shape index (κ3) is 6.06. The molecule has 4 rings (SSSR count). The first-order valence-corrected chi connectivity index (χ1v) is 18.5. The number of benzene rings is 1. The van der Waals surface area contributed by atoms with Gasteiger partial charge in [-0.3, -0.25) is 0 Å². The summed E-state index contributed by atoms with van der Waals surface area (Å²) in [7, 11) is -0.185. The molecule has 0 N–H and O–H groups in total. The summed E-state index contributed by atoms with van der Waals surface area (Å²) in [5.74, 6) is 1.98. The van der Waals surface area contributed by atoms with Crippen LogP contribution in [0.4, 0.5) is 0 Å². The molecule has 2 bridgehead atoms. The van der Waals surface area contributed by atoms with Crippen molar-refractivity contribution >= 4 is 40.4 Å². The third-order valence-electron chi connectivity index (χ3n) is 8.93. The van der Waals surface area contributed by atoms with Crippen molar-refractivity contribution in [1.82, 2.24) is 0 Å². The Morgan fingerprint density at radius 3 is 2.24 bits per heavy atom. The molecule has 0 spiro atoms. The summed E-state index contributed by atoms with van der Waals surface area (Å²) < 4.78 is 21.1. The quantitative estimate of drug-likeness (QED) is 0.154. The molecule has 3 aliphatic rings. The molecular weight excluding hydrogens is 559 g/mol. The normalized spacial score (nSPS) is 30.5. The molecule has 208 valence electrons. The fraction of sp³-hybridized carbons (Fsp3) is 0.677. The Balaban J connectivity index is 2.05. The molecule has 3 fully saturated rings. The topological polar surface area (TPSA) is 27.7 Å².